The van der Waals surface area contributed by atoms with Gasteiger partial charge in [0.2, 0.25) is 0 Å². The van der Waals surface area contributed by atoms with Gasteiger partial charge in [-0.15, -0.1) is 0 Å². The summed E-state index contributed by atoms with van der Waals surface area (Å²) in [7, 11) is 1.91. The summed E-state index contributed by atoms with van der Waals surface area (Å²) < 4.78 is 1.82. The van der Waals surface area contributed by atoms with Gasteiger partial charge in [0.25, 0.3) is 5.91 Å². The van der Waals surface area contributed by atoms with E-state index in [0.29, 0.717) is 11.7 Å². The van der Waals surface area contributed by atoms with Crippen LogP contribution in [0.2, 0.25) is 0 Å². The Morgan fingerprint density at radius 3 is 2.60 bits per heavy atom. The predicted octanol–water partition coefficient (Wildman–Crippen LogP) is 2.54. The Hall–Kier alpha value is -1.53. The molecule has 3 heterocycles. The number of carbonyl (C=O) groups is 1. The Kier molecular flexibility index (Phi) is 4.73. The van der Waals surface area contributed by atoms with Gasteiger partial charge in [-0.2, -0.15) is 16.9 Å². The number of aromatic nitrogens is 2. The molecule has 2 aliphatic heterocycles. The molecule has 1 aromatic heterocycles. The van der Waals surface area contributed by atoms with Gasteiger partial charge in [0, 0.05) is 56.2 Å². The molecule has 25 heavy (non-hydrogen) atoms. The summed E-state index contributed by atoms with van der Waals surface area (Å²) in [6.45, 7) is 6.15. The third-order valence-corrected chi connectivity index (χ3v) is 6.46. The van der Waals surface area contributed by atoms with E-state index in [1.54, 1.807) is 0 Å². The van der Waals surface area contributed by atoms with Crippen LogP contribution in [0.1, 0.15) is 28.9 Å². The molecular formula is C19H26N4OS. The number of amides is 1. The summed E-state index contributed by atoms with van der Waals surface area (Å²) in [6, 6.07) is 6.84. The van der Waals surface area contributed by atoms with Gasteiger partial charge in [-0.05, 0) is 31.9 Å². The molecule has 0 radical (unpaired) electrons. The van der Waals surface area contributed by atoms with Gasteiger partial charge in [-0.25, -0.2) is 0 Å². The minimum Gasteiger partial charge on any atom is -0.337 e. The van der Waals surface area contributed by atoms with E-state index in [-0.39, 0.29) is 5.91 Å². The number of aryl methyl sites for hydroxylation is 2. The molecule has 4 rings (SSSR count). The van der Waals surface area contributed by atoms with Gasteiger partial charge in [0.1, 0.15) is 0 Å². The maximum absolute atomic E-state index is 13.1. The fourth-order valence-corrected chi connectivity index (χ4v) is 5.00. The maximum Gasteiger partial charge on any atom is 0.275 e. The molecule has 5 nitrogen and oxygen atoms in total. The molecule has 6 heteroatoms. The molecule has 1 amide bonds. The zero-order valence-corrected chi connectivity index (χ0v) is 15.9. The minimum atomic E-state index is 0.0869. The fourth-order valence-electron chi connectivity index (χ4n) is 4.06. The first-order valence-electron chi connectivity index (χ1n) is 9.18. The van der Waals surface area contributed by atoms with Gasteiger partial charge in [0.05, 0.1) is 5.52 Å². The second-order valence-corrected chi connectivity index (χ2v) is 8.39. The summed E-state index contributed by atoms with van der Waals surface area (Å²) >= 11 is 2.05. The lowest BCUT2D eigenvalue weighted by molar-refractivity contribution is 0.0626. The van der Waals surface area contributed by atoms with Crippen molar-refractivity contribution in [3.63, 3.8) is 0 Å². The van der Waals surface area contributed by atoms with Gasteiger partial charge in [-0.1, -0.05) is 11.6 Å². The van der Waals surface area contributed by atoms with Crippen LogP contribution in [0.4, 0.5) is 0 Å². The molecule has 0 spiro atoms. The Morgan fingerprint density at radius 2 is 1.88 bits per heavy atom. The number of rotatable bonds is 2. The quantitative estimate of drug-likeness (QED) is 0.827. The monoisotopic (exact) mass is 358 g/mol. The van der Waals surface area contributed by atoms with E-state index in [9.17, 15) is 4.79 Å². The molecule has 2 aliphatic rings. The first-order valence-corrected chi connectivity index (χ1v) is 10.3. The number of piperidine rings is 1. The van der Waals surface area contributed by atoms with E-state index in [2.05, 4.69) is 46.9 Å². The number of hydrogen-bond donors (Lipinski definition) is 0. The zero-order valence-electron chi connectivity index (χ0n) is 15.1. The van der Waals surface area contributed by atoms with Crippen molar-refractivity contribution in [2.24, 2.45) is 7.05 Å². The smallest absolute Gasteiger partial charge is 0.275 e. The Labute approximate surface area is 153 Å². The zero-order chi connectivity index (χ0) is 17.4. The van der Waals surface area contributed by atoms with Crippen LogP contribution in [0.15, 0.2) is 18.2 Å². The van der Waals surface area contributed by atoms with Crippen molar-refractivity contribution in [3.8, 4) is 0 Å². The minimum absolute atomic E-state index is 0.0869. The lowest BCUT2D eigenvalue weighted by Crippen LogP contribution is -2.49. The predicted molar refractivity (Wildman–Crippen MR) is 103 cm³/mol. The summed E-state index contributed by atoms with van der Waals surface area (Å²) in [6.07, 6.45) is 2.17. The standard InChI is InChI=1S/C19H26N4OS/c1-14-3-4-17-16(13-14)18(20-21(17)2)19(24)23-7-5-15(6-8-23)22-9-11-25-12-10-22/h3-4,13,15H,5-12H2,1-2H3. The van der Waals surface area contributed by atoms with E-state index in [0.717, 1.165) is 42.4 Å². The second kappa shape index (κ2) is 7.00. The number of nitrogens with zero attached hydrogens (tertiary/aromatic N) is 4. The van der Waals surface area contributed by atoms with E-state index >= 15 is 0 Å². The second-order valence-electron chi connectivity index (χ2n) is 7.16. The molecule has 0 saturated carbocycles. The number of fused-ring (bicyclic) bond motifs is 1. The van der Waals surface area contributed by atoms with Crippen LogP contribution in [0.5, 0.6) is 0 Å². The molecule has 0 bridgehead atoms. The molecule has 134 valence electrons. The van der Waals surface area contributed by atoms with E-state index in [4.69, 9.17) is 0 Å². The highest BCUT2D eigenvalue weighted by Crippen LogP contribution is 2.24. The van der Waals surface area contributed by atoms with Gasteiger partial charge >= 0.3 is 0 Å². The number of carbonyl (C=O) groups excluding carboxylic acids is 1. The average Bonchev–Trinajstić information content (AvgIpc) is 2.98. The molecule has 0 aliphatic carbocycles. The highest BCUT2D eigenvalue weighted by atomic mass is 32.2. The molecular weight excluding hydrogens is 332 g/mol. The van der Waals surface area contributed by atoms with E-state index < -0.39 is 0 Å². The van der Waals surface area contributed by atoms with Crippen LogP contribution < -0.4 is 0 Å². The van der Waals surface area contributed by atoms with Gasteiger partial charge < -0.3 is 4.90 Å². The third kappa shape index (κ3) is 3.29. The summed E-state index contributed by atoms with van der Waals surface area (Å²) in [5.74, 6) is 2.58. The molecule has 2 fully saturated rings. The SMILES string of the molecule is Cc1ccc2c(c1)c(C(=O)N1CCC(N3CCSCC3)CC1)nn2C. The summed E-state index contributed by atoms with van der Waals surface area (Å²) in [4.78, 5) is 17.7. The Balaban J connectivity index is 1.48. The highest BCUT2D eigenvalue weighted by molar-refractivity contribution is 7.99. The van der Waals surface area contributed by atoms with Crippen LogP contribution in [0.3, 0.4) is 0 Å². The molecule has 0 N–H and O–H groups in total. The van der Waals surface area contributed by atoms with Gasteiger partial charge in [-0.3, -0.25) is 14.4 Å². The maximum atomic E-state index is 13.1. The molecule has 0 unspecified atom stereocenters. The van der Waals surface area contributed by atoms with Crippen LogP contribution in [-0.2, 0) is 7.05 Å². The molecule has 1 aromatic carbocycles. The topological polar surface area (TPSA) is 41.4 Å². The first-order chi connectivity index (χ1) is 12.1. The van der Waals surface area contributed by atoms with Crippen LogP contribution in [-0.4, -0.2) is 69.2 Å². The average molecular weight is 359 g/mol. The fraction of sp³-hybridized carbons (Fsp3) is 0.579. The lowest BCUT2D eigenvalue weighted by atomic mass is 10.0. The van der Waals surface area contributed by atoms with E-state index in [1.165, 1.54) is 24.6 Å². The third-order valence-electron chi connectivity index (χ3n) is 5.52. The molecule has 2 saturated heterocycles. The summed E-state index contributed by atoms with van der Waals surface area (Å²) in [5, 5.41) is 5.50. The van der Waals surface area contributed by atoms with E-state index in [1.807, 2.05) is 16.6 Å². The van der Waals surface area contributed by atoms with Crippen molar-refractivity contribution < 1.29 is 4.79 Å². The lowest BCUT2D eigenvalue weighted by Gasteiger charge is -2.39. The Bertz CT molecular complexity index is 773. The molecule has 2 aromatic rings. The highest BCUT2D eigenvalue weighted by Gasteiger charge is 2.29. The number of hydrogen-bond acceptors (Lipinski definition) is 4. The van der Waals surface area contributed by atoms with Crippen LogP contribution in [0.25, 0.3) is 10.9 Å². The number of likely N-dealkylation sites (tertiary alicyclic amines) is 1. The normalized spacial score (nSPS) is 20.3. The van der Waals surface area contributed by atoms with Crippen molar-refractivity contribution in [2.75, 3.05) is 37.7 Å². The van der Waals surface area contributed by atoms with Crippen LogP contribution >= 0.6 is 11.8 Å². The van der Waals surface area contributed by atoms with Crippen molar-refractivity contribution in [2.45, 2.75) is 25.8 Å². The van der Waals surface area contributed by atoms with Crippen molar-refractivity contribution in [1.29, 1.82) is 0 Å². The first kappa shape index (κ1) is 16.9. The van der Waals surface area contributed by atoms with Crippen molar-refractivity contribution in [1.82, 2.24) is 19.6 Å². The Morgan fingerprint density at radius 1 is 1.16 bits per heavy atom. The van der Waals surface area contributed by atoms with Crippen molar-refractivity contribution >= 4 is 28.6 Å². The van der Waals surface area contributed by atoms with Gasteiger partial charge in [0.15, 0.2) is 5.69 Å². The van der Waals surface area contributed by atoms with Crippen molar-refractivity contribution in [3.05, 3.63) is 29.5 Å². The largest absolute Gasteiger partial charge is 0.337 e. The number of benzene rings is 1. The number of thioether (sulfide) groups is 1. The van der Waals surface area contributed by atoms with Crippen LogP contribution in [0, 0.1) is 6.92 Å². The summed E-state index contributed by atoms with van der Waals surface area (Å²) in [5.41, 5.74) is 2.79. The molecule has 0 atom stereocenters.